The number of halogens is 1. The van der Waals surface area contributed by atoms with Crippen LogP contribution in [0.15, 0.2) is 17.1 Å². The third-order valence-electron chi connectivity index (χ3n) is 4.05. The molecule has 1 amide bonds. The molecule has 0 aromatic carbocycles. The summed E-state index contributed by atoms with van der Waals surface area (Å²) in [6.07, 6.45) is 3.73. The average molecular weight is 336 g/mol. The highest BCUT2D eigenvalue weighted by Gasteiger charge is 2.24. The van der Waals surface area contributed by atoms with Crippen LogP contribution in [-0.4, -0.2) is 31.5 Å². The van der Waals surface area contributed by atoms with Crippen LogP contribution in [0.2, 0.25) is 5.02 Å². The zero-order valence-electron chi connectivity index (χ0n) is 13.0. The summed E-state index contributed by atoms with van der Waals surface area (Å²) >= 11 is 6.06. The first-order valence-electron chi connectivity index (χ1n) is 7.58. The van der Waals surface area contributed by atoms with Crippen LogP contribution >= 0.6 is 11.6 Å². The van der Waals surface area contributed by atoms with Crippen molar-refractivity contribution in [2.75, 3.05) is 0 Å². The lowest BCUT2D eigenvalue weighted by Gasteiger charge is -2.24. The third kappa shape index (κ3) is 3.14. The molecule has 0 radical (unpaired) electrons. The number of carbonyl (C=O) groups is 1. The Kier molecular flexibility index (Phi) is 4.21. The van der Waals surface area contributed by atoms with Crippen molar-refractivity contribution in [3.63, 3.8) is 0 Å². The van der Waals surface area contributed by atoms with Gasteiger partial charge in [0.05, 0.1) is 10.7 Å². The van der Waals surface area contributed by atoms with Crippen molar-refractivity contribution in [1.29, 1.82) is 0 Å². The Labute approximate surface area is 138 Å². The van der Waals surface area contributed by atoms with Gasteiger partial charge < -0.3 is 5.32 Å². The lowest BCUT2D eigenvalue weighted by molar-refractivity contribution is 0.0927. The first-order chi connectivity index (χ1) is 11.0. The molecule has 1 aliphatic carbocycles. The van der Waals surface area contributed by atoms with Crippen molar-refractivity contribution in [2.24, 2.45) is 7.05 Å². The Balaban J connectivity index is 1.74. The molecular weight excluding hydrogens is 318 g/mol. The molecule has 0 saturated heterocycles. The molecule has 122 valence electrons. The molecule has 1 unspecified atom stereocenters. The van der Waals surface area contributed by atoms with E-state index in [1.54, 1.807) is 24.0 Å². The number of hydrogen-bond donors (Lipinski definition) is 1. The second-order valence-corrected chi connectivity index (χ2v) is 6.08. The Bertz CT molecular complexity index is 811. The molecule has 8 heteroatoms. The monoisotopic (exact) mass is 335 g/mol. The van der Waals surface area contributed by atoms with E-state index < -0.39 is 0 Å². The maximum Gasteiger partial charge on any atom is 0.273 e. The third-order valence-corrected chi connectivity index (χ3v) is 4.32. The summed E-state index contributed by atoms with van der Waals surface area (Å²) in [5, 5.41) is 11.7. The molecule has 0 fully saturated rings. The van der Waals surface area contributed by atoms with Gasteiger partial charge in [-0.2, -0.15) is 10.2 Å². The molecule has 2 aromatic rings. The van der Waals surface area contributed by atoms with Gasteiger partial charge in [-0.1, -0.05) is 11.6 Å². The summed E-state index contributed by atoms with van der Waals surface area (Å²) in [5.41, 5.74) is 1.92. The van der Waals surface area contributed by atoms with E-state index >= 15 is 0 Å². The molecule has 23 heavy (non-hydrogen) atoms. The van der Waals surface area contributed by atoms with E-state index in [4.69, 9.17) is 11.6 Å². The molecule has 1 aliphatic rings. The van der Waals surface area contributed by atoms with Crippen LogP contribution < -0.4 is 10.9 Å². The number of rotatable bonds is 3. The number of carbonyl (C=O) groups excluding carboxylic acids is 1. The standard InChI is InChI=1S/C15H18ClN5O2/c1-3-21-8-11(16)14(19-21)15(23)17-10-4-5-12-9(6-10)7-13(22)20(2)18-12/h7-8,10H,3-6H2,1-2H3,(H,17,23). The molecular formula is C15H18ClN5O2. The molecule has 0 bridgehead atoms. The smallest absolute Gasteiger partial charge is 0.273 e. The number of nitrogens with one attached hydrogen (secondary N) is 1. The predicted molar refractivity (Wildman–Crippen MR) is 85.7 cm³/mol. The topological polar surface area (TPSA) is 81.8 Å². The van der Waals surface area contributed by atoms with Gasteiger partial charge in [0.15, 0.2) is 5.69 Å². The fourth-order valence-corrected chi connectivity index (χ4v) is 3.01. The van der Waals surface area contributed by atoms with E-state index in [1.165, 1.54) is 4.68 Å². The van der Waals surface area contributed by atoms with Crippen molar-refractivity contribution in [2.45, 2.75) is 38.8 Å². The van der Waals surface area contributed by atoms with Gasteiger partial charge >= 0.3 is 0 Å². The molecule has 2 heterocycles. The minimum atomic E-state index is -0.285. The van der Waals surface area contributed by atoms with Gasteiger partial charge in [-0.15, -0.1) is 0 Å². The van der Waals surface area contributed by atoms with Crippen LogP contribution in [0.25, 0.3) is 0 Å². The van der Waals surface area contributed by atoms with Gasteiger partial charge in [0.1, 0.15) is 0 Å². The fraction of sp³-hybridized carbons (Fsp3) is 0.467. The SMILES string of the molecule is CCn1cc(Cl)c(C(=O)NC2CCc3nn(C)c(=O)cc3C2)n1. The fourth-order valence-electron chi connectivity index (χ4n) is 2.78. The average Bonchev–Trinajstić information content (AvgIpc) is 2.90. The number of fused-ring (bicyclic) bond motifs is 1. The molecule has 0 aliphatic heterocycles. The van der Waals surface area contributed by atoms with Crippen LogP contribution in [0.1, 0.15) is 35.1 Å². The van der Waals surface area contributed by atoms with Crippen LogP contribution in [0.4, 0.5) is 0 Å². The van der Waals surface area contributed by atoms with Gasteiger partial charge in [-0.05, 0) is 31.7 Å². The number of hydrogen-bond acceptors (Lipinski definition) is 4. The van der Waals surface area contributed by atoms with Crippen molar-refractivity contribution in [3.8, 4) is 0 Å². The van der Waals surface area contributed by atoms with Crippen LogP contribution in [0.3, 0.4) is 0 Å². The van der Waals surface area contributed by atoms with E-state index in [1.807, 2.05) is 6.92 Å². The minimum absolute atomic E-state index is 0.0493. The van der Waals surface area contributed by atoms with Crippen LogP contribution in [-0.2, 0) is 26.4 Å². The van der Waals surface area contributed by atoms with E-state index in [0.717, 1.165) is 24.1 Å². The normalized spacial score (nSPS) is 16.9. The number of aryl methyl sites for hydroxylation is 3. The Morgan fingerprint density at radius 1 is 1.48 bits per heavy atom. The second kappa shape index (κ2) is 6.16. The van der Waals surface area contributed by atoms with E-state index in [-0.39, 0.29) is 23.2 Å². The van der Waals surface area contributed by atoms with Gasteiger partial charge in [-0.3, -0.25) is 14.3 Å². The van der Waals surface area contributed by atoms with Gasteiger partial charge in [0.25, 0.3) is 11.5 Å². The molecule has 0 spiro atoms. The van der Waals surface area contributed by atoms with Crippen molar-refractivity contribution >= 4 is 17.5 Å². The summed E-state index contributed by atoms with van der Waals surface area (Å²) in [7, 11) is 1.64. The largest absolute Gasteiger partial charge is 0.348 e. The lowest BCUT2D eigenvalue weighted by Crippen LogP contribution is -2.40. The van der Waals surface area contributed by atoms with Gasteiger partial charge in [0, 0.05) is 31.9 Å². The quantitative estimate of drug-likeness (QED) is 0.905. The minimum Gasteiger partial charge on any atom is -0.348 e. The van der Waals surface area contributed by atoms with Gasteiger partial charge in [0.2, 0.25) is 0 Å². The number of amides is 1. The van der Waals surface area contributed by atoms with E-state index in [0.29, 0.717) is 18.0 Å². The molecule has 0 saturated carbocycles. The Hall–Kier alpha value is -2.15. The lowest BCUT2D eigenvalue weighted by atomic mass is 9.92. The predicted octanol–water partition coefficient (Wildman–Crippen LogP) is 0.937. The Morgan fingerprint density at radius 3 is 2.96 bits per heavy atom. The molecule has 3 rings (SSSR count). The molecule has 2 aromatic heterocycles. The molecule has 7 nitrogen and oxygen atoms in total. The highest BCUT2D eigenvalue weighted by atomic mass is 35.5. The van der Waals surface area contributed by atoms with E-state index in [9.17, 15) is 9.59 Å². The summed E-state index contributed by atoms with van der Waals surface area (Å²) in [4.78, 5) is 24.0. The summed E-state index contributed by atoms with van der Waals surface area (Å²) in [6.45, 7) is 2.58. The highest BCUT2D eigenvalue weighted by molar-refractivity contribution is 6.33. The highest BCUT2D eigenvalue weighted by Crippen LogP contribution is 2.19. The number of aromatic nitrogens is 4. The zero-order valence-corrected chi connectivity index (χ0v) is 13.8. The van der Waals surface area contributed by atoms with Crippen LogP contribution in [0, 0.1) is 0 Å². The molecule has 1 atom stereocenters. The maximum absolute atomic E-state index is 12.3. The zero-order chi connectivity index (χ0) is 16.6. The van der Waals surface area contributed by atoms with Gasteiger partial charge in [-0.25, -0.2) is 4.68 Å². The summed E-state index contributed by atoms with van der Waals surface area (Å²) in [5.74, 6) is -0.285. The van der Waals surface area contributed by atoms with Crippen molar-refractivity contribution in [1.82, 2.24) is 24.9 Å². The van der Waals surface area contributed by atoms with Crippen LogP contribution in [0.5, 0.6) is 0 Å². The summed E-state index contributed by atoms with van der Waals surface area (Å²) < 4.78 is 2.97. The second-order valence-electron chi connectivity index (χ2n) is 5.67. The number of nitrogens with zero attached hydrogens (tertiary/aromatic N) is 4. The van der Waals surface area contributed by atoms with Crippen molar-refractivity contribution < 1.29 is 4.79 Å². The Morgan fingerprint density at radius 2 is 2.26 bits per heavy atom. The first kappa shape index (κ1) is 15.7. The maximum atomic E-state index is 12.3. The van der Waals surface area contributed by atoms with Crippen molar-refractivity contribution in [3.05, 3.63) is 44.6 Å². The summed E-state index contributed by atoms with van der Waals surface area (Å²) in [6, 6.07) is 1.55. The first-order valence-corrected chi connectivity index (χ1v) is 7.95. The molecule has 1 N–H and O–H groups in total. The van der Waals surface area contributed by atoms with E-state index in [2.05, 4.69) is 15.5 Å².